The van der Waals surface area contributed by atoms with Crippen LogP contribution >= 0.6 is 11.6 Å². The van der Waals surface area contributed by atoms with Crippen LogP contribution < -0.4 is 10.0 Å². The van der Waals surface area contributed by atoms with E-state index in [1.165, 1.54) is 23.2 Å². The monoisotopic (exact) mass is 572 g/mol. The Morgan fingerprint density at radius 3 is 2.64 bits per heavy atom. The maximum Gasteiger partial charge on any atom is 0.269 e. The Kier molecular flexibility index (Phi) is 7.61. The number of aromatic amines is 1. The number of fused-ring (bicyclic) bond motifs is 1. The van der Waals surface area contributed by atoms with Crippen molar-refractivity contribution in [2.45, 2.75) is 49.2 Å². The molecule has 0 aliphatic carbocycles. The fourth-order valence-corrected chi connectivity index (χ4v) is 6.59. The van der Waals surface area contributed by atoms with Crippen LogP contribution in [0.25, 0.3) is 10.8 Å². The largest absolute Gasteiger partial charge is 0.346 e. The normalized spacial score (nSPS) is 20.8. The molecular weight excluding hydrogens is 544 g/mol. The van der Waals surface area contributed by atoms with Gasteiger partial charge in [-0.3, -0.25) is 19.5 Å². The van der Waals surface area contributed by atoms with E-state index in [1.807, 2.05) is 0 Å². The second-order valence-electron chi connectivity index (χ2n) is 9.89. The van der Waals surface area contributed by atoms with Crippen LogP contribution in [-0.4, -0.2) is 83.9 Å². The number of amides is 3. The molecule has 2 aromatic carbocycles. The Morgan fingerprint density at radius 1 is 1.10 bits per heavy atom. The zero-order valence-corrected chi connectivity index (χ0v) is 22.8. The molecule has 3 amide bonds. The van der Waals surface area contributed by atoms with Gasteiger partial charge < -0.3 is 15.1 Å². The molecule has 3 heterocycles. The number of benzene rings is 2. The number of nitrogens with one attached hydrogen (secondary N) is 3. The minimum absolute atomic E-state index is 0.0456. The summed E-state index contributed by atoms with van der Waals surface area (Å²) in [4.78, 5) is 42.0. The van der Waals surface area contributed by atoms with Crippen LogP contribution in [0.4, 0.5) is 0 Å². The topological polar surface area (TPSA) is 145 Å². The molecule has 206 valence electrons. The van der Waals surface area contributed by atoms with Gasteiger partial charge in [0.25, 0.3) is 5.91 Å². The lowest BCUT2D eigenvalue weighted by Gasteiger charge is -2.36. The number of rotatable bonds is 7. The summed E-state index contributed by atoms with van der Waals surface area (Å²) in [6.45, 7) is 2.75. The third-order valence-corrected chi connectivity index (χ3v) is 8.96. The van der Waals surface area contributed by atoms with Gasteiger partial charge in [0, 0.05) is 36.9 Å². The molecule has 11 nitrogen and oxygen atoms in total. The maximum atomic E-state index is 13.3. The van der Waals surface area contributed by atoms with E-state index in [1.54, 1.807) is 42.2 Å². The van der Waals surface area contributed by atoms with Crippen LogP contribution in [0, 0.1) is 0 Å². The standard InChI is InChI=1S/C26H29ClN6O5S/c1-16(25(35)32-11-2-3-20(15-32)29-24(34)22-8-10-28-30-22)33-12-9-23(26(33)36)31-39(37,38)21-7-5-17-13-19(27)6-4-18(17)14-21/h4-8,10,13-14,16,20,23,31H,2-3,9,11-12,15H2,1H3,(H,28,30)(H,29,34). The second kappa shape index (κ2) is 10.9. The number of nitrogens with zero attached hydrogens (tertiary/aromatic N) is 3. The van der Waals surface area contributed by atoms with Crippen molar-refractivity contribution in [1.82, 2.24) is 30.0 Å². The molecule has 5 rings (SSSR count). The lowest BCUT2D eigenvalue weighted by Crippen LogP contribution is -2.55. The average Bonchev–Trinajstić information content (AvgIpc) is 3.58. The summed E-state index contributed by atoms with van der Waals surface area (Å²) in [5.74, 6) is -0.964. The number of hydrogen-bond acceptors (Lipinski definition) is 6. The van der Waals surface area contributed by atoms with Gasteiger partial charge in [-0.05, 0) is 67.3 Å². The van der Waals surface area contributed by atoms with Crippen LogP contribution in [0.1, 0.15) is 36.7 Å². The van der Waals surface area contributed by atoms with E-state index >= 15 is 0 Å². The van der Waals surface area contributed by atoms with Crippen LogP contribution in [0.15, 0.2) is 53.6 Å². The zero-order valence-electron chi connectivity index (χ0n) is 21.3. The average molecular weight is 573 g/mol. The molecule has 3 unspecified atom stereocenters. The van der Waals surface area contributed by atoms with E-state index in [0.29, 0.717) is 35.6 Å². The number of carbonyl (C=O) groups is 3. The highest BCUT2D eigenvalue weighted by Gasteiger charge is 2.40. The predicted octanol–water partition coefficient (Wildman–Crippen LogP) is 1.90. The lowest BCUT2D eigenvalue weighted by atomic mass is 10.0. The highest BCUT2D eigenvalue weighted by atomic mass is 35.5. The Morgan fingerprint density at radius 2 is 1.87 bits per heavy atom. The maximum absolute atomic E-state index is 13.3. The van der Waals surface area contributed by atoms with Gasteiger partial charge in [0.05, 0.1) is 4.90 Å². The number of hydrogen-bond donors (Lipinski definition) is 3. The minimum atomic E-state index is -3.98. The molecular formula is C26H29ClN6O5S. The SMILES string of the molecule is CC(C(=O)N1CCCC(NC(=O)c2ccn[nH]2)C1)N1CCC(NS(=O)(=O)c2ccc3cc(Cl)ccc3c2)C1=O. The molecule has 39 heavy (non-hydrogen) atoms. The first-order valence-corrected chi connectivity index (χ1v) is 14.6. The quantitative estimate of drug-likeness (QED) is 0.394. The molecule has 3 atom stereocenters. The molecule has 0 bridgehead atoms. The van der Waals surface area contributed by atoms with Crippen molar-refractivity contribution in [1.29, 1.82) is 0 Å². The number of carbonyl (C=O) groups excluding carboxylic acids is 3. The number of likely N-dealkylation sites (tertiary alicyclic amines) is 2. The molecule has 0 radical (unpaired) electrons. The number of H-pyrrole nitrogens is 1. The van der Waals surface area contributed by atoms with E-state index in [9.17, 15) is 22.8 Å². The van der Waals surface area contributed by atoms with Crippen LogP contribution in [-0.2, 0) is 19.6 Å². The van der Waals surface area contributed by atoms with Crippen molar-refractivity contribution in [3.8, 4) is 0 Å². The van der Waals surface area contributed by atoms with Gasteiger partial charge in [-0.1, -0.05) is 23.7 Å². The fourth-order valence-electron chi connectivity index (χ4n) is 5.15. The zero-order chi connectivity index (χ0) is 27.7. The van der Waals surface area contributed by atoms with Gasteiger partial charge in [0.2, 0.25) is 21.8 Å². The van der Waals surface area contributed by atoms with E-state index in [-0.39, 0.29) is 35.7 Å². The van der Waals surface area contributed by atoms with Gasteiger partial charge in [-0.25, -0.2) is 8.42 Å². The first kappa shape index (κ1) is 27.1. The lowest BCUT2D eigenvalue weighted by molar-refractivity contribution is -0.144. The first-order valence-electron chi connectivity index (χ1n) is 12.7. The predicted molar refractivity (Wildman–Crippen MR) is 145 cm³/mol. The molecule has 1 aromatic heterocycles. The van der Waals surface area contributed by atoms with Crippen molar-refractivity contribution in [2.24, 2.45) is 0 Å². The number of aromatic nitrogens is 2. The highest BCUT2D eigenvalue weighted by Crippen LogP contribution is 2.24. The first-order chi connectivity index (χ1) is 18.6. The molecule has 0 spiro atoms. The van der Waals surface area contributed by atoms with E-state index in [4.69, 9.17) is 11.6 Å². The minimum Gasteiger partial charge on any atom is -0.346 e. The molecule has 3 N–H and O–H groups in total. The molecule has 2 fully saturated rings. The van der Waals surface area contributed by atoms with Gasteiger partial charge in [0.1, 0.15) is 17.8 Å². The van der Waals surface area contributed by atoms with E-state index in [0.717, 1.165) is 11.8 Å². The molecule has 13 heteroatoms. The van der Waals surface area contributed by atoms with E-state index < -0.39 is 28.0 Å². The van der Waals surface area contributed by atoms with Crippen molar-refractivity contribution in [3.63, 3.8) is 0 Å². The van der Waals surface area contributed by atoms with Gasteiger partial charge >= 0.3 is 0 Å². The number of piperidine rings is 1. The van der Waals surface area contributed by atoms with Crippen molar-refractivity contribution < 1.29 is 22.8 Å². The molecule has 3 aromatic rings. The second-order valence-corrected chi connectivity index (χ2v) is 12.0. The summed E-state index contributed by atoms with van der Waals surface area (Å²) < 4.78 is 28.7. The molecule has 0 saturated carbocycles. The summed E-state index contributed by atoms with van der Waals surface area (Å²) in [6, 6.07) is 9.46. The summed E-state index contributed by atoms with van der Waals surface area (Å²) in [7, 11) is -3.98. The summed E-state index contributed by atoms with van der Waals surface area (Å²) in [5.41, 5.74) is 0.344. The van der Waals surface area contributed by atoms with Gasteiger partial charge in [-0.15, -0.1) is 0 Å². The number of sulfonamides is 1. The van der Waals surface area contributed by atoms with Crippen LogP contribution in [0.5, 0.6) is 0 Å². The third-order valence-electron chi connectivity index (χ3n) is 7.26. The Bertz CT molecular complexity index is 1510. The Hall–Kier alpha value is -3.48. The molecule has 2 aliphatic rings. The molecule has 2 aliphatic heterocycles. The smallest absolute Gasteiger partial charge is 0.269 e. The van der Waals surface area contributed by atoms with Gasteiger partial charge in [-0.2, -0.15) is 9.82 Å². The fraction of sp³-hybridized carbons (Fsp3) is 0.385. The number of halogens is 1. The summed E-state index contributed by atoms with van der Waals surface area (Å²) >= 11 is 6.02. The summed E-state index contributed by atoms with van der Waals surface area (Å²) in [5, 5.41) is 11.4. The van der Waals surface area contributed by atoms with E-state index in [2.05, 4.69) is 20.2 Å². The Balaban J connectivity index is 1.20. The Labute approximate surface area is 230 Å². The third kappa shape index (κ3) is 5.77. The van der Waals surface area contributed by atoms with Crippen LogP contribution in [0.2, 0.25) is 5.02 Å². The molecule has 2 saturated heterocycles. The highest BCUT2D eigenvalue weighted by molar-refractivity contribution is 7.89. The van der Waals surface area contributed by atoms with Crippen molar-refractivity contribution >= 4 is 50.1 Å². The van der Waals surface area contributed by atoms with Crippen molar-refractivity contribution in [3.05, 3.63) is 59.4 Å². The van der Waals surface area contributed by atoms with Gasteiger partial charge in [0.15, 0.2) is 0 Å². The summed E-state index contributed by atoms with van der Waals surface area (Å²) in [6.07, 6.45) is 3.18. The van der Waals surface area contributed by atoms with Crippen molar-refractivity contribution in [2.75, 3.05) is 19.6 Å². The van der Waals surface area contributed by atoms with Crippen LogP contribution in [0.3, 0.4) is 0 Å².